The predicted octanol–water partition coefficient (Wildman–Crippen LogP) is 3.09. The fourth-order valence-electron chi connectivity index (χ4n) is 2.26. The number of carbonyl (C=O) groups is 1. The first-order valence-corrected chi connectivity index (χ1v) is 7.38. The number of nitrogens with one attached hydrogen (secondary N) is 1. The van der Waals surface area contributed by atoms with E-state index in [-0.39, 0.29) is 18.3 Å². The van der Waals surface area contributed by atoms with Crippen LogP contribution in [0.2, 0.25) is 0 Å². The van der Waals surface area contributed by atoms with E-state index in [2.05, 4.69) is 21.2 Å². The maximum absolute atomic E-state index is 12.1. The van der Waals surface area contributed by atoms with Gasteiger partial charge in [-0.3, -0.25) is 4.79 Å². The van der Waals surface area contributed by atoms with Gasteiger partial charge in [-0.2, -0.15) is 0 Å². The van der Waals surface area contributed by atoms with E-state index in [1.807, 2.05) is 42.3 Å². The highest BCUT2D eigenvalue weighted by molar-refractivity contribution is 9.10. The Morgan fingerprint density at radius 3 is 2.75 bits per heavy atom. The highest BCUT2D eigenvalue weighted by Crippen LogP contribution is 2.13. The average Bonchev–Trinajstić information content (AvgIpc) is 2.46. The molecule has 1 saturated heterocycles. The van der Waals surface area contributed by atoms with Crippen LogP contribution in [-0.4, -0.2) is 37.0 Å². The van der Waals surface area contributed by atoms with Gasteiger partial charge in [0.25, 0.3) is 0 Å². The van der Waals surface area contributed by atoms with Gasteiger partial charge in [-0.25, -0.2) is 0 Å². The van der Waals surface area contributed by atoms with Crippen LogP contribution in [0.5, 0.6) is 0 Å². The Kier molecular flexibility index (Phi) is 7.27. The van der Waals surface area contributed by atoms with Crippen LogP contribution in [0.4, 0.5) is 0 Å². The first-order chi connectivity index (χ1) is 9.19. The smallest absolute Gasteiger partial charge is 0.246 e. The van der Waals surface area contributed by atoms with E-state index < -0.39 is 0 Å². The molecular weight excluding hydrogens is 340 g/mol. The van der Waals surface area contributed by atoms with E-state index in [1.54, 1.807) is 6.08 Å². The summed E-state index contributed by atoms with van der Waals surface area (Å²) in [7, 11) is 1.95. The van der Waals surface area contributed by atoms with Gasteiger partial charge in [-0.05, 0) is 43.7 Å². The molecule has 1 amide bonds. The van der Waals surface area contributed by atoms with Crippen molar-refractivity contribution in [2.24, 2.45) is 0 Å². The number of likely N-dealkylation sites (N-methyl/N-ethyl adjacent to an activating group) is 1. The van der Waals surface area contributed by atoms with Crippen molar-refractivity contribution in [3.05, 3.63) is 40.4 Å². The second-order valence-corrected chi connectivity index (χ2v) is 5.71. The Morgan fingerprint density at radius 1 is 1.40 bits per heavy atom. The van der Waals surface area contributed by atoms with Gasteiger partial charge in [0, 0.05) is 29.7 Å². The van der Waals surface area contributed by atoms with Gasteiger partial charge in [-0.1, -0.05) is 28.1 Å². The topological polar surface area (TPSA) is 32.3 Å². The number of likely N-dealkylation sites (tertiary alicyclic amines) is 1. The van der Waals surface area contributed by atoms with Crippen molar-refractivity contribution in [2.45, 2.75) is 18.9 Å². The van der Waals surface area contributed by atoms with Crippen LogP contribution in [0.3, 0.4) is 0 Å². The molecule has 1 aliphatic rings. The summed E-state index contributed by atoms with van der Waals surface area (Å²) in [4.78, 5) is 14.0. The minimum Gasteiger partial charge on any atom is -0.338 e. The maximum Gasteiger partial charge on any atom is 0.246 e. The normalized spacial score (nSPS) is 18.9. The number of hydrogen-bond donors (Lipinski definition) is 1. The number of nitrogens with zero attached hydrogens (tertiary/aromatic N) is 1. The monoisotopic (exact) mass is 358 g/mol. The molecule has 1 unspecified atom stereocenters. The van der Waals surface area contributed by atoms with Crippen molar-refractivity contribution in [2.75, 3.05) is 20.1 Å². The predicted molar refractivity (Wildman–Crippen MR) is 89.1 cm³/mol. The molecule has 20 heavy (non-hydrogen) atoms. The lowest BCUT2D eigenvalue weighted by atomic mass is 10.1. The average molecular weight is 360 g/mol. The molecule has 1 heterocycles. The molecule has 3 nitrogen and oxygen atoms in total. The molecule has 110 valence electrons. The first kappa shape index (κ1) is 17.2. The molecule has 1 N–H and O–H groups in total. The lowest BCUT2D eigenvalue weighted by molar-refractivity contribution is -0.127. The quantitative estimate of drug-likeness (QED) is 0.841. The number of halogens is 2. The van der Waals surface area contributed by atoms with Gasteiger partial charge in [0.1, 0.15) is 0 Å². The molecule has 0 radical (unpaired) electrons. The molecule has 5 heteroatoms. The number of piperidine rings is 1. The van der Waals surface area contributed by atoms with Crippen molar-refractivity contribution in [3.63, 3.8) is 0 Å². The summed E-state index contributed by atoms with van der Waals surface area (Å²) in [5, 5.41) is 3.25. The fourth-order valence-corrected chi connectivity index (χ4v) is 2.52. The second-order valence-electron chi connectivity index (χ2n) is 4.80. The minimum absolute atomic E-state index is 0. The van der Waals surface area contributed by atoms with Crippen molar-refractivity contribution < 1.29 is 4.79 Å². The molecule has 2 rings (SSSR count). The van der Waals surface area contributed by atoms with Crippen LogP contribution in [-0.2, 0) is 4.79 Å². The van der Waals surface area contributed by atoms with Crippen LogP contribution >= 0.6 is 28.3 Å². The largest absolute Gasteiger partial charge is 0.338 e. The summed E-state index contributed by atoms with van der Waals surface area (Å²) in [5.74, 6) is 0.0999. The Labute approximate surface area is 135 Å². The van der Waals surface area contributed by atoms with E-state index in [1.165, 1.54) is 0 Å². The summed E-state index contributed by atoms with van der Waals surface area (Å²) < 4.78 is 1.05. The molecular formula is C15H20BrClN2O. The number of carbonyl (C=O) groups excluding carboxylic acids is 1. The van der Waals surface area contributed by atoms with Crippen molar-refractivity contribution >= 4 is 40.3 Å². The SMILES string of the molecule is CNC1CCCN(C(=O)C=Cc2ccc(Br)cc2)C1.Cl. The number of amides is 1. The Hall–Kier alpha value is -0.840. The van der Waals surface area contributed by atoms with Crippen LogP contribution < -0.4 is 5.32 Å². The summed E-state index contributed by atoms with van der Waals surface area (Å²) >= 11 is 3.40. The second kappa shape index (κ2) is 8.45. The van der Waals surface area contributed by atoms with Gasteiger partial charge in [-0.15, -0.1) is 12.4 Å². The zero-order valence-electron chi connectivity index (χ0n) is 11.5. The van der Waals surface area contributed by atoms with Crippen molar-refractivity contribution in [1.29, 1.82) is 0 Å². The molecule has 0 saturated carbocycles. The Balaban J connectivity index is 0.00000200. The van der Waals surface area contributed by atoms with E-state index in [0.717, 1.165) is 36.0 Å². The lowest BCUT2D eigenvalue weighted by Crippen LogP contribution is -2.46. The fraction of sp³-hybridized carbons (Fsp3) is 0.400. The van der Waals surface area contributed by atoms with E-state index in [0.29, 0.717) is 6.04 Å². The summed E-state index contributed by atoms with van der Waals surface area (Å²) in [6.45, 7) is 1.67. The molecule has 1 aromatic rings. The number of hydrogen-bond acceptors (Lipinski definition) is 2. The minimum atomic E-state index is 0. The third-order valence-electron chi connectivity index (χ3n) is 3.43. The van der Waals surface area contributed by atoms with Crippen molar-refractivity contribution in [3.8, 4) is 0 Å². The highest BCUT2D eigenvalue weighted by atomic mass is 79.9. The van der Waals surface area contributed by atoms with Crippen LogP contribution in [0.25, 0.3) is 6.08 Å². The number of benzene rings is 1. The summed E-state index contributed by atoms with van der Waals surface area (Å²) in [6, 6.07) is 8.35. The van der Waals surface area contributed by atoms with Crippen molar-refractivity contribution in [1.82, 2.24) is 10.2 Å². The molecule has 1 aliphatic heterocycles. The Bertz CT molecular complexity index is 461. The standard InChI is InChI=1S/C15H19BrN2O.ClH/c1-17-14-3-2-10-18(11-14)15(19)9-6-12-4-7-13(16)8-5-12;/h4-9,14,17H,2-3,10-11H2,1H3;1H. The Morgan fingerprint density at radius 2 is 2.10 bits per heavy atom. The molecule has 1 atom stereocenters. The highest BCUT2D eigenvalue weighted by Gasteiger charge is 2.20. The molecule has 1 fully saturated rings. The summed E-state index contributed by atoms with van der Waals surface area (Å²) in [5.41, 5.74) is 1.04. The lowest BCUT2D eigenvalue weighted by Gasteiger charge is -2.31. The van der Waals surface area contributed by atoms with E-state index in [9.17, 15) is 4.79 Å². The van der Waals surface area contributed by atoms with Gasteiger partial charge in [0.05, 0.1) is 0 Å². The van der Waals surface area contributed by atoms with E-state index >= 15 is 0 Å². The molecule has 0 bridgehead atoms. The van der Waals surface area contributed by atoms with Gasteiger partial charge in [0.15, 0.2) is 0 Å². The first-order valence-electron chi connectivity index (χ1n) is 6.59. The molecule has 0 aliphatic carbocycles. The molecule has 1 aromatic carbocycles. The zero-order chi connectivity index (χ0) is 13.7. The van der Waals surface area contributed by atoms with E-state index in [4.69, 9.17) is 0 Å². The zero-order valence-corrected chi connectivity index (χ0v) is 13.9. The maximum atomic E-state index is 12.1. The van der Waals surface area contributed by atoms with Crippen LogP contribution in [0.15, 0.2) is 34.8 Å². The molecule has 0 aromatic heterocycles. The van der Waals surface area contributed by atoms with Crippen LogP contribution in [0.1, 0.15) is 18.4 Å². The molecule has 0 spiro atoms. The number of rotatable bonds is 3. The third kappa shape index (κ3) is 4.93. The summed E-state index contributed by atoms with van der Waals surface area (Å²) in [6.07, 6.45) is 5.76. The van der Waals surface area contributed by atoms with Gasteiger partial charge >= 0.3 is 0 Å². The van der Waals surface area contributed by atoms with Crippen LogP contribution in [0, 0.1) is 0 Å². The third-order valence-corrected chi connectivity index (χ3v) is 3.96. The van der Waals surface area contributed by atoms with Gasteiger partial charge < -0.3 is 10.2 Å². The van der Waals surface area contributed by atoms with Gasteiger partial charge in [0.2, 0.25) is 5.91 Å².